The van der Waals surface area contributed by atoms with E-state index in [4.69, 9.17) is 5.73 Å². The number of hydrogen-bond acceptors (Lipinski definition) is 7. The van der Waals surface area contributed by atoms with Gasteiger partial charge in [0.25, 0.3) is 0 Å². The number of nitrogens with zero attached hydrogens (tertiary/aromatic N) is 4. The number of ketones is 1. The summed E-state index contributed by atoms with van der Waals surface area (Å²) in [5.74, 6) is 0.559. The first-order valence-electron chi connectivity index (χ1n) is 14.6. The van der Waals surface area contributed by atoms with Gasteiger partial charge in [0.1, 0.15) is 5.78 Å². The highest BCUT2D eigenvalue weighted by Gasteiger charge is 2.30. The van der Waals surface area contributed by atoms with E-state index in [2.05, 4.69) is 26.6 Å². The van der Waals surface area contributed by atoms with Crippen LogP contribution in [0.1, 0.15) is 54.4 Å². The quantitative estimate of drug-likeness (QED) is 0.304. The van der Waals surface area contributed by atoms with E-state index in [0.29, 0.717) is 42.6 Å². The number of azo groups is 1. The Bertz CT molecular complexity index is 1530. The summed E-state index contributed by atoms with van der Waals surface area (Å²) < 4.78 is 0. The van der Waals surface area contributed by atoms with Gasteiger partial charge in [0.15, 0.2) is 12.5 Å². The van der Waals surface area contributed by atoms with E-state index >= 15 is 0 Å². The first-order chi connectivity index (χ1) is 20.4. The number of benzene rings is 3. The Morgan fingerprint density at radius 1 is 1.00 bits per heavy atom. The smallest absolute Gasteiger partial charge is 0.228 e. The third-order valence-electron chi connectivity index (χ3n) is 8.42. The first kappa shape index (κ1) is 29.0. The summed E-state index contributed by atoms with van der Waals surface area (Å²) in [6.07, 6.45) is 4.29. The molecular formula is C34H36N6O2. The highest BCUT2D eigenvalue weighted by molar-refractivity contribution is 6.01. The fourth-order valence-corrected chi connectivity index (χ4v) is 5.87. The van der Waals surface area contributed by atoms with E-state index in [9.17, 15) is 14.9 Å². The maximum atomic E-state index is 13.6. The van der Waals surface area contributed by atoms with Crippen LogP contribution in [0.2, 0.25) is 0 Å². The molecule has 1 aliphatic carbocycles. The lowest BCUT2D eigenvalue weighted by molar-refractivity contribution is -0.129. The van der Waals surface area contributed by atoms with E-state index < -0.39 is 5.92 Å². The van der Waals surface area contributed by atoms with Gasteiger partial charge in [-0.1, -0.05) is 30.3 Å². The minimum absolute atomic E-state index is 0.00883. The number of carbonyl (C=O) groups is 2. The van der Waals surface area contributed by atoms with Gasteiger partial charge in [-0.25, -0.2) is 4.99 Å². The Morgan fingerprint density at radius 2 is 1.71 bits per heavy atom. The van der Waals surface area contributed by atoms with Crippen LogP contribution in [0.5, 0.6) is 0 Å². The SMILES string of the molecule is Cc1cc(C#N)ccc1-c1ccc(C[C@H](CC(=O)C2CCC(CN)CC2)C(=O)Nc2ccc(C3=NCN=N3)cc2)cc1. The van der Waals surface area contributed by atoms with Gasteiger partial charge in [0.2, 0.25) is 5.91 Å². The molecule has 1 amide bonds. The minimum Gasteiger partial charge on any atom is -0.330 e. The molecule has 1 saturated carbocycles. The average Bonchev–Trinajstić information content (AvgIpc) is 3.57. The molecule has 8 heteroatoms. The zero-order chi connectivity index (χ0) is 29.5. The van der Waals surface area contributed by atoms with E-state index in [-0.39, 0.29) is 24.0 Å². The molecule has 8 nitrogen and oxygen atoms in total. The summed E-state index contributed by atoms with van der Waals surface area (Å²) >= 11 is 0. The molecule has 0 spiro atoms. The minimum atomic E-state index is -0.500. The molecule has 1 aliphatic heterocycles. The van der Waals surface area contributed by atoms with Crippen molar-refractivity contribution >= 4 is 23.2 Å². The van der Waals surface area contributed by atoms with Crippen molar-refractivity contribution in [2.45, 2.75) is 45.4 Å². The standard InChI is InChI=1S/C34H36N6O2/c1-22-16-25(20-36)6-15-31(22)26-7-2-23(3-8-26)17-29(18-32(41)27-9-4-24(19-35)5-10-27)34(42)39-30-13-11-28(12-14-30)33-37-21-38-40-33/h2-3,6-8,11-16,24,27,29H,4-5,9-10,17-19,21,35H2,1H3,(H,39,42)/t24?,27?,29-/m1/s1. The summed E-state index contributed by atoms with van der Waals surface area (Å²) in [6.45, 7) is 3.00. The van der Waals surface area contributed by atoms with E-state index in [1.165, 1.54) is 0 Å². The van der Waals surface area contributed by atoms with Crippen molar-refractivity contribution in [2.75, 3.05) is 18.5 Å². The third-order valence-corrected chi connectivity index (χ3v) is 8.42. The molecule has 3 N–H and O–H groups in total. The second kappa shape index (κ2) is 13.5. The molecule has 5 rings (SSSR count). The Morgan fingerprint density at radius 3 is 2.33 bits per heavy atom. The largest absolute Gasteiger partial charge is 0.330 e. The molecule has 0 saturated heterocycles. The molecule has 214 valence electrons. The average molecular weight is 561 g/mol. The number of rotatable bonds is 10. The monoisotopic (exact) mass is 560 g/mol. The second-order valence-corrected chi connectivity index (χ2v) is 11.3. The van der Waals surface area contributed by atoms with Gasteiger partial charge in [-0.05, 0) is 110 Å². The molecule has 3 aromatic carbocycles. The number of anilines is 1. The van der Waals surface area contributed by atoms with Gasteiger partial charge in [-0.2, -0.15) is 10.4 Å². The van der Waals surface area contributed by atoms with Crippen LogP contribution < -0.4 is 11.1 Å². The van der Waals surface area contributed by atoms with Crippen LogP contribution in [-0.2, 0) is 16.0 Å². The van der Waals surface area contributed by atoms with Crippen LogP contribution >= 0.6 is 0 Å². The topological polar surface area (TPSA) is 133 Å². The number of nitrogens with one attached hydrogen (secondary N) is 1. The number of amidine groups is 1. The van der Waals surface area contributed by atoms with Crippen molar-refractivity contribution in [1.29, 1.82) is 5.26 Å². The normalized spacial score (nSPS) is 18.6. The van der Waals surface area contributed by atoms with Crippen molar-refractivity contribution in [3.8, 4) is 17.2 Å². The zero-order valence-electron chi connectivity index (χ0n) is 23.9. The number of aryl methyl sites for hydroxylation is 1. The van der Waals surface area contributed by atoms with Gasteiger partial charge >= 0.3 is 0 Å². The van der Waals surface area contributed by atoms with Crippen LogP contribution in [0, 0.1) is 36.0 Å². The number of nitrogens with two attached hydrogens (primary N) is 1. The highest BCUT2D eigenvalue weighted by atomic mass is 16.2. The maximum absolute atomic E-state index is 13.6. The van der Waals surface area contributed by atoms with Crippen LogP contribution in [0.3, 0.4) is 0 Å². The molecular weight excluding hydrogens is 524 g/mol. The predicted molar refractivity (Wildman–Crippen MR) is 164 cm³/mol. The molecule has 0 radical (unpaired) electrons. The first-order valence-corrected chi connectivity index (χ1v) is 14.6. The molecule has 0 bridgehead atoms. The lowest BCUT2D eigenvalue weighted by Gasteiger charge is -2.27. The fourth-order valence-electron chi connectivity index (χ4n) is 5.87. The van der Waals surface area contributed by atoms with E-state index in [0.717, 1.165) is 53.5 Å². The van der Waals surface area contributed by atoms with E-state index in [1.54, 1.807) is 0 Å². The van der Waals surface area contributed by atoms with Gasteiger partial charge < -0.3 is 11.1 Å². The lowest BCUT2D eigenvalue weighted by atomic mass is 9.77. The second-order valence-electron chi connectivity index (χ2n) is 11.3. The lowest BCUT2D eigenvalue weighted by Crippen LogP contribution is -2.31. The molecule has 3 aromatic rings. The third kappa shape index (κ3) is 7.04. The van der Waals surface area contributed by atoms with Gasteiger partial charge in [-0.3, -0.25) is 9.59 Å². The number of carbonyl (C=O) groups excluding carboxylic acids is 2. The molecule has 0 aromatic heterocycles. The highest BCUT2D eigenvalue weighted by Crippen LogP contribution is 2.31. The maximum Gasteiger partial charge on any atom is 0.228 e. The molecule has 2 aliphatic rings. The number of Topliss-reactive ketones (excluding diaryl/α,β-unsaturated/α-hetero) is 1. The molecule has 1 fully saturated rings. The number of hydrogen-bond donors (Lipinski definition) is 2. The molecule has 42 heavy (non-hydrogen) atoms. The molecule has 1 atom stereocenters. The van der Waals surface area contributed by atoms with Crippen LogP contribution in [0.4, 0.5) is 5.69 Å². The number of aliphatic imine (C=N–C) groups is 1. The van der Waals surface area contributed by atoms with Crippen molar-refractivity contribution in [3.63, 3.8) is 0 Å². The number of amides is 1. The molecule has 1 heterocycles. The van der Waals surface area contributed by atoms with Gasteiger partial charge in [0.05, 0.1) is 11.6 Å². The Kier molecular flexibility index (Phi) is 9.30. The van der Waals surface area contributed by atoms with Crippen molar-refractivity contribution in [3.05, 3.63) is 89.0 Å². The zero-order valence-corrected chi connectivity index (χ0v) is 23.9. The van der Waals surface area contributed by atoms with Crippen LogP contribution in [-0.4, -0.2) is 30.7 Å². The van der Waals surface area contributed by atoms with Gasteiger partial charge in [0, 0.05) is 29.5 Å². The molecule has 0 unspecified atom stereocenters. The Hall–Kier alpha value is -4.48. The summed E-state index contributed by atoms with van der Waals surface area (Å²) in [5.41, 5.74) is 12.1. The van der Waals surface area contributed by atoms with Crippen LogP contribution in [0.25, 0.3) is 11.1 Å². The summed E-state index contributed by atoms with van der Waals surface area (Å²) in [4.78, 5) is 31.2. The Balaban J connectivity index is 1.31. The van der Waals surface area contributed by atoms with Gasteiger partial charge in [-0.15, -0.1) is 5.11 Å². The van der Waals surface area contributed by atoms with Crippen molar-refractivity contribution in [2.24, 2.45) is 38.7 Å². The Labute approximate surface area is 246 Å². The summed E-state index contributed by atoms with van der Waals surface area (Å²) in [5, 5.41) is 20.1. The fraction of sp³-hybridized carbons (Fsp3) is 0.353. The summed E-state index contributed by atoms with van der Waals surface area (Å²) in [6, 6.07) is 23.3. The predicted octanol–water partition coefficient (Wildman–Crippen LogP) is 6.23. The van der Waals surface area contributed by atoms with Crippen molar-refractivity contribution < 1.29 is 9.59 Å². The summed E-state index contributed by atoms with van der Waals surface area (Å²) in [7, 11) is 0. The number of nitriles is 1. The van der Waals surface area contributed by atoms with E-state index in [1.807, 2.05) is 73.7 Å². The van der Waals surface area contributed by atoms with Crippen LogP contribution in [0.15, 0.2) is 82.0 Å². The van der Waals surface area contributed by atoms with Crippen molar-refractivity contribution in [1.82, 2.24) is 0 Å².